The Morgan fingerprint density at radius 2 is 1.50 bits per heavy atom. The van der Waals surface area contributed by atoms with Gasteiger partial charge in [-0.2, -0.15) is 0 Å². The van der Waals surface area contributed by atoms with Crippen LogP contribution in [-0.2, 0) is 19.1 Å². The maximum absolute atomic E-state index is 12.3. The molecule has 7 nitrogen and oxygen atoms in total. The van der Waals surface area contributed by atoms with Crippen LogP contribution in [0, 0.1) is 0 Å². The molecule has 0 aromatic carbocycles. The van der Waals surface area contributed by atoms with Crippen LogP contribution >= 0.6 is 0 Å². The monoisotopic (exact) mass is 402 g/mol. The second kappa shape index (κ2) is 14.0. The van der Waals surface area contributed by atoms with Gasteiger partial charge in [0.25, 0.3) is 0 Å². The Kier molecular flexibility index (Phi) is 12.5. The van der Waals surface area contributed by atoms with Crippen molar-refractivity contribution in [1.82, 2.24) is 0 Å². The summed E-state index contributed by atoms with van der Waals surface area (Å²) in [6.07, 6.45) is 3.24. The maximum Gasteiger partial charge on any atom is 0.306 e. The lowest BCUT2D eigenvalue weighted by atomic mass is 9.99. The molecule has 0 aliphatic carbocycles. The van der Waals surface area contributed by atoms with E-state index in [1.807, 2.05) is 0 Å². The second-order valence-corrected chi connectivity index (χ2v) is 7.68. The third-order valence-electron chi connectivity index (χ3n) is 5.16. The number of hydrogen-bond acceptors (Lipinski definition) is 7. The quantitative estimate of drug-likeness (QED) is 0.285. The van der Waals surface area contributed by atoms with E-state index in [-0.39, 0.29) is 12.8 Å². The number of aliphatic hydroxyl groups is 3. The van der Waals surface area contributed by atoms with Crippen molar-refractivity contribution in [3.63, 3.8) is 0 Å². The van der Waals surface area contributed by atoms with Crippen LogP contribution < -0.4 is 0 Å². The summed E-state index contributed by atoms with van der Waals surface area (Å²) in [5, 5.41) is 30.3. The number of Topliss-reactive ketones (excluding diaryl/α,β-unsaturated/α-hetero) is 1. The zero-order valence-electron chi connectivity index (χ0n) is 17.3. The van der Waals surface area contributed by atoms with Gasteiger partial charge < -0.3 is 24.8 Å². The fraction of sp³-hybridized carbons (Fsp3) is 0.905. The van der Waals surface area contributed by atoms with E-state index in [0.29, 0.717) is 12.8 Å². The smallest absolute Gasteiger partial charge is 0.306 e. The van der Waals surface area contributed by atoms with Gasteiger partial charge in [0, 0.05) is 6.42 Å². The molecular formula is C21H38O7. The van der Waals surface area contributed by atoms with Crippen LogP contribution in [0.4, 0.5) is 0 Å². The summed E-state index contributed by atoms with van der Waals surface area (Å²) in [6, 6.07) is 0. The zero-order chi connectivity index (χ0) is 20.9. The highest BCUT2D eigenvalue weighted by molar-refractivity contribution is 5.88. The summed E-state index contributed by atoms with van der Waals surface area (Å²) in [5.74, 6) is -1.21. The predicted molar refractivity (Wildman–Crippen MR) is 105 cm³/mol. The number of hydrogen-bond donors (Lipinski definition) is 3. The zero-order valence-corrected chi connectivity index (χ0v) is 17.3. The number of rotatable bonds is 15. The van der Waals surface area contributed by atoms with Gasteiger partial charge in [0.05, 0.1) is 0 Å². The van der Waals surface area contributed by atoms with E-state index in [4.69, 9.17) is 9.47 Å². The number of carbonyl (C=O) groups is 2. The molecule has 0 bridgehead atoms. The van der Waals surface area contributed by atoms with Crippen molar-refractivity contribution in [2.24, 2.45) is 0 Å². The van der Waals surface area contributed by atoms with E-state index in [2.05, 4.69) is 13.8 Å². The fourth-order valence-electron chi connectivity index (χ4n) is 3.37. The number of ether oxygens (including phenoxy) is 2. The van der Waals surface area contributed by atoms with E-state index < -0.39 is 42.5 Å². The minimum absolute atomic E-state index is 0.193. The van der Waals surface area contributed by atoms with Crippen LogP contribution in [0.2, 0.25) is 0 Å². The number of ketones is 1. The molecule has 5 atom stereocenters. The summed E-state index contributed by atoms with van der Waals surface area (Å²) in [7, 11) is 0. The summed E-state index contributed by atoms with van der Waals surface area (Å²) in [4.78, 5) is 24.3. The Hall–Kier alpha value is -1.02. The summed E-state index contributed by atoms with van der Waals surface area (Å²) < 4.78 is 10.2. The minimum Gasteiger partial charge on any atom is -0.454 e. The molecule has 28 heavy (non-hydrogen) atoms. The van der Waals surface area contributed by atoms with Gasteiger partial charge in [-0.25, -0.2) is 0 Å². The van der Waals surface area contributed by atoms with Crippen LogP contribution in [0.25, 0.3) is 0 Å². The normalized spacial score (nSPS) is 25.6. The van der Waals surface area contributed by atoms with Crippen molar-refractivity contribution >= 4 is 11.8 Å². The van der Waals surface area contributed by atoms with Crippen molar-refractivity contribution in [3.8, 4) is 0 Å². The molecule has 0 amide bonds. The Labute approximate surface area is 168 Å². The molecule has 1 fully saturated rings. The lowest BCUT2D eigenvalue weighted by Gasteiger charge is -2.19. The average molecular weight is 403 g/mol. The van der Waals surface area contributed by atoms with E-state index in [1.165, 1.54) is 0 Å². The highest BCUT2D eigenvalue weighted by Gasteiger charge is 2.49. The number of unbranched alkanes of at least 4 members (excludes halogenated alkanes) is 8. The third kappa shape index (κ3) is 8.55. The molecule has 1 aliphatic heterocycles. The topological polar surface area (TPSA) is 113 Å². The molecule has 3 N–H and O–H groups in total. The Bertz CT molecular complexity index is 454. The van der Waals surface area contributed by atoms with Gasteiger partial charge in [0.2, 0.25) is 0 Å². The van der Waals surface area contributed by atoms with Gasteiger partial charge in [-0.15, -0.1) is 0 Å². The van der Waals surface area contributed by atoms with Crippen molar-refractivity contribution < 1.29 is 34.4 Å². The lowest BCUT2D eigenvalue weighted by molar-refractivity contribution is -0.174. The molecule has 0 radical (unpaired) electrons. The molecule has 0 spiro atoms. The van der Waals surface area contributed by atoms with Crippen LogP contribution in [0.3, 0.4) is 0 Å². The van der Waals surface area contributed by atoms with E-state index in [0.717, 1.165) is 51.4 Å². The first kappa shape index (κ1) is 25.0. The number of aliphatic hydroxyl groups excluding tert-OH is 3. The van der Waals surface area contributed by atoms with E-state index in [9.17, 15) is 24.9 Å². The van der Waals surface area contributed by atoms with E-state index in [1.54, 1.807) is 0 Å². The highest BCUT2D eigenvalue weighted by Crippen LogP contribution is 2.25. The largest absolute Gasteiger partial charge is 0.454 e. The standard InChI is InChI=1S/C21H38O7/c1-3-5-7-9-11-13-15(22)17(24)19-18(25)20(21(26)28-19)27-16(23)14-12-10-8-6-4-2/h15,18-22,25-26H,3-14H2,1-2H3/t15?,18-,19-,20+,21+/m1/s1. The molecule has 1 saturated heterocycles. The van der Waals surface area contributed by atoms with Gasteiger partial charge >= 0.3 is 5.97 Å². The average Bonchev–Trinajstić information content (AvgIpc) is 2.95. The van der Waals surface area contributed by atoms with Crippen molar-refractivity contribution in [2.45, 2.75) is 122 Å². The fourth-order valence-corrected chi connectivity index (χ4v) is 3.37. The van der Waals surface area contributed by atoms with Crippen molar-refractivity contribution in [3.05, 3.63) is 0 Å². The first-order valence-corrected chi connectivity index (χ1v) is 10.8. The van der Waals surface area contributed by atoms with Crippen LogP contribution in [0.5, 0.6) is 0 Å². The van der Waals surface area contributed by atoms with Crippen LogP contribution in [0.1, 0.15) is 90.9 Å². The molecule has 0 aromatic rings. The van der Waals surface area contributed by atoms with Crippen molar-refractivity contribution in [2.75, 3.05) is 0 Å². The van der Waals surface area contributed by atoms with Gasteiger partial charge in [-0.05, 0) is 12.8 Å². The first-order chi connectivity index (χ1) is 13.4. The molecule has 7 heteroatoms. The van der Waals surface area contributed by atoms with Gasteiger partial charge in [-0.3, -0.25) is 9.59 Å². The summed E-state index contributed by atoms with van der Waals surface area (Å²) >= 11 is 0. The van der Waals surface area contributed by atoms with Crippen LogP contribution in [-0.4, -0.2) is 57.8 Å². The first-order valence-electron chi connectivity index (χ1n) is 10.8. The number of carbonyl (C=O) groups excluding carboxylic acids is 2. The summed E-state index contributed by atoms with van der Waals surface area (Å²) in [5.41, 5.74) is 0. The molecule has 1 unspecified atom stereocenters. The van der Waals surface area contributed by atoms with Crippen LogP contribution in [0.15, 0.2) is 0 Å². The second-order valence-electron chi connectivity index (χ2n) is 7.68. The Balaban J connectivity index is 2.39. The van der Waals surface area contributed by atoms with Gasteiger partial charge in [0.1, 0.15) is 12.2 Å². The summed E-state index contributed by atoms with van der Waals surface area (Å²) in [6.45, 7) is 4.22. The molecular weight excluding hydrogens is 364 g/mol. The lowest BCUT2D eigenvalue weighted by Crippen LogP contribution is -2.42. The molecule has 1 heterocycles. The van der Waals surface area contributed by atoms with Gasteiger partial charge in [0.15, 0.2) is 24.3 Å². The number of esters is 1. The highest BCUT2D eigenvalue weighted by atomic mass is 16.7. The Morgan fingerprint density at radius 3 is 2.11 bits per heavy atom. The third-order valence-corrected chi connectivity index (χ3v) is 5.16. The van der Waals surface area contributed by atoms with Gasteiger partial charge in [-0.1, -0.05) is 71.6 Å². The minimum atomic E-state index is -1.58. The molecule has 1 aliphatic rings. The molecule has 1 rings (SSSR count). The SMILES string of the molecule is CCCCCCCC(=O)O[C@H]1[C@H](O)[C@@H](C(=O)C(O)CCCCCCC)O[C@@H]1O. The van der Waals surface area contributed by atoms with E-state index >= 15 is 0 Å². The Morgan fingerprint density at radius 1 is 0.929 bits per heavy atom. The molecule has 0 aromatic heterocycles. The molecule has 0 saturated carbocycles. The predicted octanol–water partition coefficient (Wildman–Crippen LogP) is 2.63. The maximum atomic E-state index is 12.3. The van der Waals surface area contributed by atoms with Crippen molar-refractivity contribution in [1.29, 1.82) is 0 Å². The molecule has 164 valence electrons.